The topological polar surface area (TPSA) is 50.5 Å². The number of hydrogen-bond acceptors (Lipinski definition) is 3. The summed E-state index contributed by atoms with van der Waals surface area (Å²) >= 11 is 6.08. The molecule has 142 valence electrons. The Bertz CT molecular complexity index is 1070. The van der Waals surface area contributed by atoms with Crippen molar-refractivity contribution in [2.75, 3.05) is 4.90 Å². The largest absolute Gasteiger partial charge is 0.465 e. The van der Waals surface area contributed by atoms with E-state index in [0.29, 0.717) is 22.1 Å². The van der Waals surface area contributed by atoms with Crippen LogP contribution in [-0.2, 0) is 4.79 Å². The lowest BCUT2D eigenvalue weighted by molar-refractivity contribution is -0.117. The van der Waals surface area contributed by atoms with Crippen molar-refractivity contribution in [2.45, 2.75) is 32.7 Å². The fourth-order valence-corrected chi connectivity index (χ4v) is 4.25. The second-order valence-electron chi connectivity index (χ2n) is 7.10. The molecule has 0 spiro atoms. The summed E-state index contributed by atoms with van der Waals surface area (Å²) in [5, 5.41) is 0.637. The van der Waals surface area contributed by atoms with Crippen LogP contribution in [0.2, 0.25) is 5.02 Å². The maximum Gasteiger partial charge on any atom is 0.224 e. The molecule has 0 aliphatic carbocycles. The number of amides is 1. The van der Waals surface area contributed by atoms with Crippen molar-refractivity contribution in [2.24, 2.45) is 0 Å². The monoisotopic (exact) mass is 393 g/mol. The van der Waals surface area contributed by atoms with Gasteiger partial charge in [-0.25, -0.2) is 0 Å². The van der Waals surface area contributed by atoms with Gasteiger partial charge in [-0.1, -0.05) is 41.9 Å². The van der Waals surface area contributed by atoms with Crippen molar-refractivity contribution in [1.29, 1.82) is 0 Å². The number of aryl methyl sites for hydroxylation is 1. The number of anilines is 1. The van der Waals surface area contributed by atoms with Gasteiger partial charge in [-0.2, -0.15) is 0 Å². The van der Waals surface area contributed by atoms with E-state index in [-0.39, 0.29) is 23.7 Å². The zero-order valence-corrected chi connectivity index (χ0v) is 16.7. The first-order valence-electron chi connectivity index (χ1n) is 9.14. The van der Waals surface area contributed by atoms with Gasteiger partial charge < -0.3 is 9.32 Å². The summed E-state index contributed by atoms with van der Waals surface area (Å²) in [6.45, 7) is 4.89. The third kappa shape index (κ3) is 2.94. The minimum Gasteiger partial charge on any atom is -0.465 e. The molecular weight excluding hydrogens is 374 g/mol. The van der Waals surface area contributed by atoms with Crippen molar-refractivity contribution in [3.8, 4) is 0 Å². The van der Waals surface area contributed by atoms with Gasteiger partial charge in [-0.15, -0.1) is 0 Å². The Labute approximate surface area is 168 Å². The van der Waals surface area contributed by atoms with E-state index < -0.39 is 0 Å². The number of carbonyl (C=O) groups is 2. The van der Waals surface area contributed by atoms with Gasteiger partial charge >= 0.3 is 0 Å². The number of carbonyl (C=O) groups excluding carboxylic acids is 2. The van der Waals surface area contributed by atoms with Crippen LogP contribution < -0.4 is 4.90 Å². The summed E-state index contributed by atoms with van der Waals surface area (Å²) in [5.41, 5.74) is 3.39. The molecule has 1 aliphatic rings. The molecule has 2 heterocycles. The van der Waals surface area contributed by atoms with Crippen LogP contribution in [0.25, 0.3) is 0 Å². The summed E-state index contributed by atoms with van der Waals surface area (Å²) in [6.07, 6.45) is 0. The van der Waals surface area contributed by atoms with Crippen LogP contribution >= 0.6 is 11.6 Å². The number of para-hydroxylation sites is 1. The van der Waals surface area contributed by atoms with E-state index in [0.717, 1.165) is 16.8 Å². The molecule has 0 N–H and O–H groups in total. The second-order valence-corrected chi connectivity index (χ2v) is 7.53. The zero-order chi connectivity index (χ0) is 20.0. The third-order valence-electron chi connectivity index (χ3n) is 5.30. The minimum atomic E-state index is -0.280. The quantitative estimate of drug-likeness (QED) is 0.537. The zero-order valence-electron chi connectivity index (χ0n) is 15.9. The Kier molecular flexibility index (Phi) is 4.60. The van der Waals surface area contributed by atoms with Gasteiger partial charge in [0, 0.05) is 17.6 Å². The molecule has 2 atom stereocenters. The molecule has 0 saturated heterocycles. The Morgan fingerprint density at radius 1 is 1.04 bits per heavy atom. The Balaban J connectivity index is 1.94. The van der Waals surface area contributed by atoms with Crippen LogP contribution in [0.4, 0.5) is 5.69 Å². The number of benzene rings is 2. The van der Waals surface area contributed by atoms with Gasteiger partial charge in [0.2, 0.25) is 5.91 Å². The minimum absolute atomic E-state index is 0.0368. The lowest BCUT2D eigenvalue weighted by Gasteiger charge is -2.27. The number of Topliss-reactive ketones (excluding diaryl/α,β-unsaturated/α-hetero) is 1. The highest BCUT2D eigenvalue weighted by atomic mass is 35.5. The van der Waals surface area contributed by atoms with Gasteiger partial charge in [0.1, 0.15) is 11.5 Å². The van der Waals surface area contributed by atoms with Crippen molar-refractivity contribution in [3.05, 3.63) is 87.8 Å². The lowest BCUT2D eigenvalue weighted by Crippen LogP contribution is -2.31. The van der Waals surface area contributed by atoms with Crippen LogP contribution in [0.5, 0.6) is 0 Å². The number of halogens is 1. The highest BCUT2D eigenvalue weighted by molar-refractivity contribution is 6.30. The second kappa shape index (κ2) is 6.95. The summed E-state index contributed by atoms with van der Waals surface area (Å²) < 4.78 is 6.04. The highest BCUT2D eigenvalue weighted by Crippen LogP contribution is 2.52. The molecule has 1 aromatic heterocycles. The molecule has 0 saturated carbocycles. The van der Waals surface area contributed by atoms with Crippen molar-refractivity contribution in [3.63, 3.8) is 0 Å². The van der Waals surface area contributed by atoms with Crippen LogP contribution in [0.3, 0.4) is 0 Å². The van der Waals surface area contributed by atoms with Crippen molar-refractivity contribution in [1.82, 2.24) is 0 Å². The maximum absolute atomic E-state index is 12.6. The predicted molar refractivity (Wildman–Crippen MR) is 109 cm³/mol. The fraction of sp³-hybridized carbons (Fsp3) is 0.217. The molecule has 4 nitrogen and oxygen atoms in total. The van der Waals surface area contributed by atoms with Crippen LogP contribution in [0, 0.1) is 6.92 Å². The normalized spacial score (nSPS) is 18.2. The Hall–Kier alpha value is -2.85. The van der Waals surface area contributed by atoms with Gasteiger partial charge in [-0.05, 0) is 49.2 Å². The van der Waals surface area contributed by atoms with E-state index in [1.165, 1.54) is 6.92 Å². The van der Waals surface area contributed by atoms with Crippen LogP contribution in [0.1, 0.15) is 58.8 Å². The number of ketones is 1. The molecule has 28 heavy (non-hydrogen) atoms. The third-order valence-corrected chi connectivity index (χ3v) is 5.55. The Morgan fingerprint density at radius 3 is 2.32 bits per heavy atom. The van der Waals surface area contributed by atoms with Crippen molar-refractivity contribution < 1.29 is 14.0 Å². The van der Waals surface area contributed by atoms with Crippen LogP contribution in [0.15, 0.2) is 59.0 Å². The van der Waals surface area contributed by atoms with E-state index >= 15 is 0 Å². The van der Waals surface area contributed by atoms with Crippen molar-refractivity contribution >= 4 is 29.0 Å². The van der Waals surface area contributed by atoms with E-state index in [1.807, 2.05) is 54.6 Å². The molecule has 1 aliphatic heterocycles. The fourth-order valence-electron chi connectivity index (χ4n) is 4.12. The molecular formula is C23H20ClNO3. The first-order chi connectivity index (χ1) is 13.4. The van der Waals surface area contributed by atoms with E-state index in [9.17, 15) is 9.59 Å². The molecule has 1 amide bonds. The molecule has 2 aromatic carbocycles. The standard InChI is InChI=1S/C23H20ClNO3/c1-13(26)19-12-21(28-14(19)2)22-18-6-4-5-7-20(18)25(15(3)27)23(22)16-8-10-17(24)11-9-16/h4-12,22-23H,1-3H3/t22-,23+/m1/s1. The lowest BCUT2D eigenvalue weighted by atomic mass is 9.88. The molecule has 0 bridgehead atoms. The maximum atomic E-state index is 12.6. The average Bonchev–Trinajstić information content (AvgIpc) is 3.20. The average molecular weight is 394 g/mol. The van der Waals surface area contributed by atoms with Gasteiger partial charge in [0.05, 0.1) is 17.5 Å². The molecule has 5 heteroatoms. The SMILES string of the molecule is CC(=O)c1cc([C@H]2c3ccccc3N(C(C)=O)[C@H]2c2ccc(Cl)cc2)oc1C. The summed E-state index contributed by atoms with van der Waals surface area (Å²) in [5.74, 6) is 0.971. The molecule has 3 aromatic rings. The Morgan fingerprint density at radius 2 is 1.71 bits per heavy atom. The molecule has 0 fully saturated rings. The number of fused-ring (bicyclic) bond motifs is 1. The first kappa shape index (κ1) is 18.5. The van der Waals surface area contributed by atoms with Gasteiger partial charge in [0.15, 0.2) is 5.78 Å². The number of nitrogens with zero attached hydrogens (tertiary/aromatic N) is 1. The predicted octanol–water partition coefficient (Wildman–Crippen LogP) is 5.68. The summed E-state index contributed by atoms with van der Waals surface area (Å²) in [4.78, 5) is 26.4. The summed E-state index contributed by atoms with van der Waals surface area (Å²) in [7, 11) is 0. The number of furan rings is 1. The molecule has 0 unspecified atom stereocenters. The van der Waals surface area contributed by atoms with E-state index in [1.54, 1.807) is 18.7 Å². The summed E-state index contributed by atoms with van der Waals surface area (Å²) in [6, 6.07) is 16.9. The number of hydrogen-bond donors (Lipinski definition) is 0. The first-order valence-corrected chi connectivity index (χ1v) is 9.51. The van der Waals surface area contributed by atoms with E-state index in [4.69, 9.17) is 16.0 Å². The smallest absolute Gasteiger partial charge is 0.224 e. The highest BCUT2D eigenvalue weighted by Gasteiger charge is 2.44. The molecule has 0 radical (unpaired) electrons. The molecule has 4 rings (SSSR count). The van der Waals surface area contributed by atoms with E-state index in [2.05, 4.69) is 0 Å². The van der Waals surface area contributed by atoms with Gasteiger partial charge in [0.25, 0.3) is 0 Å². The van der Waals surface area contributed by atoms with Gasteiger partial charge in [-0.3, -0.25) is 9.59 Å². The van der Waals surface area contributed by atoms with Crippen LogP contribution in [-0.4, -0.2) is 11.7 Å². The number of rotatable bonds is 3.